The normalized spacial score (nSPS) is 15.5. The van der Waals surface area contributed by atoms with Crippen molar-refractivity contribution in [3.63, 3.8) is 0 Å². The first-order chi connectivity index (χ1) is 12.5. The minimum atomic E-state index is -0.115. The van der Waals surface area contributed by atoms with Crippen molar-refractivity contribution in [3.8, 4) is 11.3 Å². The molecule has 1 atom stereocenters. The van der Waals surface area contributed by atoms with Gasteiger partial charge in [-0.05, 0) is 36.3 Å². The first-order valence-electron chi connectivity index (χ1n) is 9.33. The lowest BCUT2D eigenvalue weighted by molar-refractivity contribution is 0.0754. The van der Waals surface area contributed by atoms with Gasteiger partial charge in [0, 0.05) is 30.2 Å². The summed E-state index contributed by atoms with van der Waals surface area (Å²) in [6.07, 6.45) is 0.910. The highest BCUT2D eigenvalue weighted by Gasteiger charge is 2.33. The zero-order valence-corrected chi connectivity index (χ0v) is 15.9. The van der Waals surface area contributed by atoms with E-state index in [1.54, 1.807) is 4.57 Å². The second-order valence-electron chi connectivity index (χ2n) is 7.70. The van der Waals surface area contributed by atoms with E-state index in [1.807, 2.05) is 25.2 Å². The van der Waals surface area contributed by atoms with Crippen molar-refractivity contribution in [1.82, 2.24) is 4.57 Å². The summed E-state index contributed by atoms with van der Waals surface area (Å²) in [7, 11) is 1.87. The van der Waals surface area contributed by atoms with Gasteiger partial charge in [0.1, 0.15) is 6.10 Å². The predicted octanol–water partition coefficient (Wildman–Crippen LogP) is 4.98. The van der Waals surface area contributed by atoms with Crippen molar-refractivity contribution < 1.29 is 4.74 Å². The molecule has 0 aliphatic heterocycles. The Bertz CT molecular complexity index is 1050. The van der Waals surface area contributed by atoms with Crippen LogP contribution in [0.3, 0.4) is 0 Å². The number of benzene rings is 2. The van der Waals surface area contributed by atoms with Crippen molar-refractivity contribution in [2.24, 2.45) is 13.0 Å². The number of ether oxygens (including phenoxy) is 1. The summed E-state index contributed by atoms with van der Waals surface area (Å²) in [5, 5.41) is 1.79. The molecule has 0 fully saturated rings. The molecule has 1 aliphatic carbocycles. The van der Waals surface area contributed by atoms with Gasteiger partial charge in [-0.3, -0.25) is 4.79 Å². The monoisotopic (exact) mass is 347 g/mol. The van der Waals surface area contributed by atoms with Crippen LogP contribution in [0.25, 0.3) is 22.0 Å². The molecule has 0 amide bonds. The topological polar surface area (TPSA) is 31.2 Å². The van der Waals surface area contributed by atoms with Crippen LogP contribution in [0.15, 0.2) is 47.3 Å². The highest BCUT2D eigenvalue weighted by Crippen LogP contribution is 2.47. The molecule has 0 saturated heterocycles. The van der Waals surface area contributed by atoms with Gasteiger partial charge in [0.25, 0.3) is 5.56 Å². The molecular weight excluding hydrogens is 322 g/mol. The van der Waals surface area contributed by atoms with E-state index < -0.39 is 0 Å². The molecule has 1 aliphatic rings. The number of pyridine rings is 1. The zero-order chi connectivity index (χ0) is 18.4. The number of nitrogens with zero attached hydrogens (tertiary/aromatic N) is 1. The first-order valence-corrected chi connectivity index (χ1v) is 9.33. The Hall–Kier alpha value is -2.39. The van der Waals surface area contributed by atoms with Gasteiger partial charge in [-0.25, -0.2) is 0 Å². The van der Waals surface area contributed by atoms with Crippen molar-refractivity contribution >= 4 is 10.8 Å². The summed E-state index contributed by atoms with van der Waals surface area (Å²) in [4.78, 5) is 12.9. The fraction of sp³-hybridized carbons (Fsp3) is 0.348. The van der Waals surface area contributed by atoms with Gasteiger partial charge in [0.05, 0.1) is 5.69 Å². The second kappa shape index (κ2) is 6.40. The summed E-state index contributed by atoms with van der Waals surface area (Å²) < 4.78 is 8.18. The molecule has 0 spiro atoms. The van der Waals surface area contributed by atoms with Crippen LogP contribution in [0.4, 0.5) is 0 Å². The quantitative estimate of drug-likeness (QED) is 0.666. The Morgan fingerprint density at radius 2 is 1.88 bits per heavy atom. The SMILES string of the molecule is Cc1ccc2c(=O)n(C)c3c(c2c1)C(OCCC(C)C)c1ccccc1-3. The maximum absolute atomic E-state index is 12.9. The van der Waals surface area contributed by atoms with Gasteiger partial charge in [0.15, 0.2) is 0 Å². The molecule has 1 unspecified atom stereocenters. The van der Waals surface area contributed by atoms with Crippen LogP contribution in [0, 0.1) is 12.8 Å². The van der Waals surface area contributed by atoms with Gasteiger partial charge in [-0.15, -0.1) is 0 Å². The molecule has 0 radical (unpaired) electrons. The number of rotatable bonds is 4. The second-order valence-corrected chi connectivity index (χ2v) is 7.70. The van der Waals surface area contributed by atoms with E-state index in [0.717, 1.165) is 45.1 Å². The van der Waals surface area contributed by atoms with Crippen LogP contribution >= 0.6 is 0 Å². The van der Waals surface area contributed by atoms with Crippen LogP contribution in [0.5, 0.6) is 0 Å². The lowest BCUT2D eigenvalue weighted by Crippen LogP contribution is -2.20. The lowest BCUT2D eigenvalue weighted by Gasteiger charge is -2.18. The van der Waals surface area contributed by atoms with Crippen molar-refractivity contribution in [2.75, 3.05) is 6.61 Å². The Balaban J connectivity index is 1.98. The molecule has 2 aromatic carbocycles. The lowest BCUT2D eigenvalue weighted by atomic mass is 10.00. The Kier molecular flexibility index (Phi) is 4.20. The third kappa shape index (κ3) is 2.58. The first kappa shape index (κ1) is 17.0. The molecule has 3 heteroatoms. The molecule has 3 aromatic rings. The number of fused-ring (bicyclic) bond motifs is 5. The summed E-state index contributed by atoms with van der Waals surface area (Å²) >= 11 is 0. The van der Waals surface area contributed by atoms with Crippen molar-refractivity contribution in [1.29, 1.82) is 0 Å². The van der Waals surface area contributed by atoms with E-state index in [4.69, 9.17) is 4.74 Å². The smallest absolute Gasteiger partial charge is 0.258 e. The van der Waals surface area contributed by atoms with Crippen LogP contribution in [0.1, 0.15) is 43.1 Å². The van der Waals surface area contributed by atoms with E-state index in [1.165, 1.54) is 0 Å². The fourth-order valence-corrected chi connectivity index (χ4v) is 3.94. The summed E-state index contributed by atoms with van der Waals surface area (Å²) in [5.74, 6) is 0.602. The van der Waals surface area contributed by atoms with E-state index in [2.05, 4.69) is 45.0 Å². The van der Waals surface area contributed by atoms with E-state index >= 15 is 0 Å². The van der Waals surface area contributed by atoms with Gasteiger partial charge < -0.3 is 9.30 Å². The van der Waals surface area contributed by atoms with Crippen LogP contribution < -0.4 is 5.56 Å². The maximum atomic E-state index is 12.9. The molecule has 0 bridgehead atoms. The summed E-state index contributed by atoms with van der Waals surface area (Å²) in [6.45, 7) is 7.21. The molecule has 26 heavy (non-hydrogen) atoms. The average molecular weight is 347 g/mol. The average Bonchev–Trinajstić information content (AvgIpc) is 2.94. The molecule has 1 heterocycles. The van der Waals surface area contributed by atoms with E-state index in [-0.39, 0.29) is 11.7 Å². The maximum Gasteiger partial charge on any atom is 0.258 e. The van der Waals surface area contributed by atoms with Crippen molar-refractivity contribution in [3.05, 3.63) is 69.5 Å². The fourth-order valence-electron chi connectivity index (χ4n) is 3.94. The summed E-state index contributed by atoms with van der Waals surface area (Å²) in [5.41, 5.74) is 5.62. The van der Waals surface area contributed by atoms with Crippen LogP contribution in [-0.4, -0.2) is 11.2 Å². The van der Waals surface area contributed by atoms with Gasteiger partial charge in [-0.1, -0.05) is 55.8 Å². The highest BCUT2D eigenvalue weighted by atomic mass is 16.5. The Labute approximate surface area is 154 Å². The molecule has 0 N–H and O–H groups in total. The van der Waals surface area contributed by atoms with E-state index in [9.17, 15) is 4.79 Å². The molecule has 1 aromatic heterocycles. The van der Waals surface area contributed by atoms with Gasteiger partial charge in [-0.2, -0.15) is 0 Å². The highest BCUT2D eigenvalue weighted by molar-refractivity contribution is 5.94. The Morgan fingerprint density at radius 3 is 2.65 bits per heavy atom. The standard InChI is InChI=1S/C23H25NO2/c1-14(2)11-12-26-22-17-8-6-5-7-16(17)21-20(22)19-13-15(3)9-10-18(19)23(25)24(21)4/h5-10,13-14,22H,11-12H2,1-4H3. The van der Waals surface area contributed by atoms with Crippen LogP contribution in [-0.2, 0) is 11.8 Å². The number of hydrogen-bond acceptors (Lipinski definition) is 2. The molecule has 134 valence electrons. The minimum Gasteiger partial charge on any atom is -0.369 e. The van der Waals surface area contributed by atoms with E-state index in [0.29, 0.717) is 12.5 Å². The number of aryl methyl sites for hydroxylation is 1. The third-order valence-electron chi connectivity index (χ3n) is 5.33. The van der Waals surface area contributed by atoms with Gasteiger partial charge >= 0.3 is 0 Å². The van der Waals surface area contributed by atoms with Crippen LogP contribution in [0.2, 0.25) is 0 Å². The number of aromatic nitrogens is 1. The minimum absolute atomic E-state index is 0.0522. The molecule has 4 rings (SSSR count). The van der Waals surface area contributed by atoms with Gasteiger partial charge in [0.2, 0.25) is 0 Å². The molecule has 0 saturated carbocycles. The molecular formula is C23H25NO2. The third-order valence-corrected chi connectivity index (χ3v) is 5.33. The summed E-state index contributed by atoms with van der Waals surface area (Å²) in [6, 6.07) is 14.4. The predicted molar refractivity (Wildman–Crippen MR) is 107 cm³/mol. The number of hydrogen-bond donors (Lipinski definition) is 0. The largest absolute Gasteiger partial charge is 0.369 e. The zero-order valence-electron chi connectivity index (χ0n) is 15.9. The van der Waals surface area contributed by atoms with Crippen molar-refractivity contribution in [2.45, 2.75) is 33.3 Å². The molecule has 3 nitrogen and oxygen atoms in total. The Morgan fingerprint density at radius 1 is 1.12 bits per heavy atom.